The highest BCUT2D eigenvalue weighted by molar-refractivity contribution is 6.30. The van der Waals surface area contributed by atoms with E-state index in [-0.39, 0.29) is 10.6 Å². The second kappa shape index (κ2) is 5.06. The van der Waals surface area contributed by atoms with Crippen LogP contribution in [-0.4, -0.2) is 11.1 Å². The van der Waals surface area contributed by atoms with Crippen molar-refractivity contribution >= 4 is 17.6 Å². The van der Waals surface area contributed by atoms with Crippen molar-refractivity contribution in [2.45, 2.75) is 0 Å². The van der Waals surface area contributed by atoms with Crippen molar-refractivity contribution in [1.29, 1.82) is 0 Å². The topological polar surface area (TPSA) is 46.5 Å². The number of hydrogen-bond acceptors (Lipinski definition) is 2. The molecule has 0 unspecified atom stereocenters. The van der Waals surface area contributed by atoms with Gasteiger partial charge in [-0.3, -0.25) is 0 Å². The van der Waals surface area contributed by atoms with E-state index in [1.165, 1.54) is 36.4 Å². The molecule has 0 saturated carbocycles. The molecule has 0 atom stereocenters. The summed E-state index contributed by atoms with van der Waals surface area (Å²) >= 11 is 5.54. The van der Waals surface area contributed by atoms with Crippen LogP contribution < -0.4 is 4.74 Å². The Bertz CT molecular complexity index is 581. The number of carbonyl (C=O) groups is 1. The van der Waals surface area contributed by atoms with Gasteiger partial charge in [0, 0.05) is 6.07 Å². The van der Waals surface area contributed by atoms with Gasteiger partial charge in [0.05, 0.1) is 10.6 Å². The maximum Gasteiger partial charge on any atom is 0.335 e. The molecule has 0 aliphatic heterocycles. The number of carboxylic acid groups (broad SMARTS) is 1. The smallest absolute Gasteiger partial charge is 0.335 e. The summed E-state index contributed by atoms with van der Waals surface area (Å²) in [5.74, 6) is -0.878. The third-order valence-electron chi connectivity index (χ3n) is 2.23. The van der Waals surface area contributed by atoms with Gasteiger partial charge >= 0.3 is 5.97 Å². The van der Waals surface area contributed by atoms with Crippen LogP contribution in [0.25, 0.3) is 0 Å². The van der Waals surface area contributed by atoms with E-state index in [1.54, 1.807) is 0 Å². The average molecular weight is 267 g/mol. The van der Waals surface area contributed by atoms with Gasteiger partial charge in [0.2, 0.25) is 0 Å². The molecule has 5 heteroatoms. The molecule has 92 valence electrons. The number of rotatable bonds is 3. The third kappa shape index (κ3) is 2.78. The van der Waals surface area contributed by atoms with Crippen LogP contribution in [0.15, 0.2) is 42.5 Å². The van der Waals surface area contributed by atoms with Crippen molar-refractivity contribution in [1.82, 2.24) is 0 Å². The molecule has 0 radical (unpaired) electrons. The summed E-state index contributed by atoms with van der Waals surface area (Å²) in [6.45, 7) is 0. The van der Waals surface area contributed by atoms with Gasteiger partial charge in [-0.25, -0.2) is 9.18 Å². The van der Waals surface area contributed by atoms with Crippen molar-refractivity contribution in [3.63, 3.8) is 0 Å². The van der Waals surface area contributed by atoms with Crippen LogP contribution in [0.3, 0.4) is 0 Å². The molecule has 0 aliphatic rings. The van der Waals surface area contributed by atoms with E-state index in [9.17, 15) is 9.18 Å². The molecule has 0 fully saturated rings. The highest BCUT2D eigenvalue weighted by atomic mass is 35.5. The largest absolute Gasteiger partial charge is 0.478 e. The maximum absolute atomic E-state index is 13.2. The number of hydrogen-bond donors (Lipinski definition) is 1. The quantitative estimate of drug-likeness (QED) is 0.914. The fourth-order valence-electron chi connectivity index (χ4n) is 1.34. The van der Waals surface area contributed by atoms with Gasteiger partial charge in [0.1, 0.15) is 17.3 Å². The van der Waals surface area contributed by atoms with E-state index < -0.39 is 11.8 Å². The summed E-state index contributed by atoms with van der Waals surface area (Å²) in [7, 11) is 0. The summed E-state index contributed by atoms with van der Waals surface area (Å²) in [5, 5.41) is 8.74. The maximum atomic E-state index is 13.2. The van der Waals surface area contributed by atoms with Crippen LogP contribution >= 0.6 is 11.6 Å². The Morgan fingerprint density at radius 2 is 1.72 bits per heavy atom. The van der Waals surface area contributed by atoms with E-state index in [1.807, 2.05) is 0 Å². The molecular formula is C13H8ClFO3. The predicted molar refractivity (Wildman–Crippen MR) is 64.9 cm³/mol. The first-order valence-electron chi connectivity index (χ1n) is 5.02. The number of aromatic carboxylic acids is 1. The monoisotopic (exact) mass is 266 g/mol. The molecule has 2 aromatic rings. The lowest BCUT2D eigenvalue weighted by molar-refractivity contribution is 0.0697. The van der Waals surface area contributed by atoms with Crippen molar-refractivity contribution in [2.75, 3.05) is 0 Å². The minimum atomic E-state index is -1.01. The Kier molecular flexibility index (Phi) is 3.48. The Hall–Kier alpha value is -2.07. The Morgan fingerprint density at radius 1 is 1.11 bits per heavy atom. The molecule has 1 N–H and O–H groups in total. The van der Waals surface area contributed by atoms with Crippen LogP contribution in [0.2, 0.25) is 5.02 Å². The number of halogens is 2. The molecule has 2 aromatic carbocycles. The Balaban J connectivity index is 2.18. The third-order valence-corrected chi connectivity index (χ3v) is 2.53. The molecule has 0 aliphatic carbocycles. The first kappa shape index (κ1) is 12.4. The van der Waals surface area contributed by atoms with Gasteiger partial charge in [-0.1, -0.05) is 11.6 Å². The van der Waals surface area contributed by atoms with Gasteiger partial charge in [0.25, 0.3) is 0 Å². The lowest BCUT2D eigenvalue weighted by Gasteiger charge is -2.06. The molecule has 3 nitrogen and oxygen atoms in total. The highest BCUT2D eigenvalue weighted by Gasteiger charge is 2.05. The molecule has 0 saturated heterocycles. The highest BCUT2D eigenvalue weighted by Crippen LogP contribution is 2.25. The summed E-state index contributed by atoms with van der Waals surface area (Å²) in [6.07, 6.45) is 0. The number of ether oxygens (including phenoxy) is 1. The lowest BCUT2D eigenvalue weighted by Crippen LogP contribution is -1.95. The van der Waals surface area contributed by atoms with E-state index in [4.69, 9.17) is 21.4 Å². The minimum absolute atomic E-state index is 0.0172. The number of benzene rings is 2. The van der Waals surface area contributed by atoms with E-state index in [0.29, 0.717) is 11.5 Å². The Labute approximate surface area is 107 Å². The first-order valence-corrected chi connectivity index (χ1v) is 5.40. The van der Waals surface area contributed by atoms with E-state index >= 15 is 0 Å². The zero-order valence-corrected chi connectivity index (χ0v) is 9.82. The number of carboxylic acids is 1. The fourth-order valence-corrected chi connectivity index (χ4v) is 1.46. The second-order valence-corrected chi connectivity index (χ2v) is 3.91. The Morgan fingerprint density at radius 3 is 2.28 bits per heavy atom. The molecule has 0 amide bonds. The SMILES string of the molecule is O=C(O)c1ccc(Oc2ccc(Cl)c(F)c2)cc1. The van der Waals surface area contributed by atoms with E-state index in [0.717, 1.165) is 6.07 Å². The van der Waals surface area contributed by atoms with Crippen molar-refractivity contribution in [2.24, 2.45) is 0 Å². The van der Waals surface area contributed by atoms with Crippen molar-refractivity contribution in [3.05, 3.63) is 58.9 Å². The van der Waals surface area contributed by atoms with Gasteiger partial charge in [0.15, 0.2) is 0 Å². The molecular weight excluding hydrogens is 259 g/mol. The summed E-state index contributed by atoms with van der Waals surface area (Å²) in [5.41, 5.74) is 0.157. The normalized spacial score (nSPS) is 10.1. The lowest BCUT2D eigenvalue weighted by atomic mass is 10.2. The summed E-state index contributed by atoms with van der Waals surface area (Å²) in [4.78, 5) is 10.6. The van der Waals surface area contributed by atoms with Crippen LogP contribution in [0.4, 0.5) is 4.39 Å². The summed E-state index contributed by atoms with van der Waals surface area (Å²) in [6, 6.07) is 9.88. The van der Waals surface area contributed by atoms with Gasteiger partial charge in [-0.2, -0.15) is 0 Å². The van der Waals surface area contributed by atoms with Crippen LogP contribution in [-0.2, 0) is 0 Å². The van der Waals surface area contributed by atoms with Crippen molar-refractivity contribution < 1.29 is 19.0 Å². The van der Waals surface area contributed by atoms with Crippen LogP contribution in [0.5, 0.6) is 11.5 Å². The molecule has 0 spiro atoms. The van der Waals surface area contributed by atoms with Crippen LogP contribution in [0, 0.1) is 5.82 Å². The van der Waals surface area contributed by atoms with Gasteiger partial charge < -0.3 is 9.84 Å². The molecule has 0 heterocycles. The molecule has 2 rings (SSSR count). The van der Waals surface area contributed by atoms with Gasteiger partial charge in [-0.15, -0.1) is 0 Å². The molecule has 18 heavy (non-hydrogen) atoms. The first-order chi connectivity index (χ1) is 8.56. The molecule has 0 aromatic heterocycles. The van der Waals surface area contributed by atoms with Crippen LogP contribution in [0.1, 0.15) is 10.4 Å². The zero-order valence-electron chi connectivity index (χ0n) is 9.06. The standard InChI is InChI=1S/C13H8ClFO3/c14-11-6-5-10(7-12(11)15)18-9-3-1-8(2-4-9)13(16)17/h1-7H,(H,16,17). The zero-order chi connectivity index (χ0) is 13.1. The van der Waals surface area contributed by atoms with E-state index in [2.05, 4.69) is 0 Å². The predicted octanol–water partition coefficient (Wildman–Crippen LogP) is 3.97. The fraction of sp³-hybridized carbons (Fsp3) is 0. The second-order valence-electron chi connectivity index (χ2n) is 3.51. The minimum Gasteiger partial charge on any atom is -0.478 e. The van der Waals surface area contributed by atoms with Crippen molar-refractivity contribution in [3.8, 4) is 11.5 Å². The summed E-state index contributed by atoms with van der Waals surface area (Å²) < 4.78 is 18.5. The average Bonchev–Trinajstić information content (AvgIpc) is 2.34. The van der Waals surface area contributed by atoms with Gasteiger partial charge in [-0.05, 0) is 36.4 Å². The molecule has 0 bridgehead atoms.